The van der Waals surface area contributed by atoms with Crippen LogP contribution in [0.4, 0.5) is 11.5 Å². The maximum absolute atomic E-state index is 12.6. The standard InChI is InChI=1S/C23H31N5OS/c1-6-17-11-9-10-12-18(17)25-20(29)13-24-22-21-15(4)16(5)30-23(21)27-19(26-22)14-28(7-2)8-3/h9-12H,6-8,13-14H2,1-5H3,(H,25,29)(H,24,26,27)/p+1. The number of hydrogen-bond acceptors (Lipinski definition) is 5. The maximum Gasteiger partial charge on any atom is 0.243 e. The molecule has 0 fully saturated rings. The van der Waals surface area contributed by atoms with Crippen molar-refractivity contribution in [3.8, 4) is 0 Å². The normalized spacial score (nSPS) is 11.3. The lowest BCUT2D eigenvalue weighted by atomic mass is 10.1. The second-order valence-electron chi connectivity index (χ2n) is 7.50. The van der Waals surface area contributed by atoms with Gasteiger partial charge >= 0.3 is 0 Å². The van der Waals surface area contributed by atoms with E-state index in [1.54, 1.807) is 11.3 Å². The minimum absolute atomic E-state index is 0.0804. The lowest BCUT2D eigenvalue weighted by Crippen LogP contribution is -3.10. The number of quaternary nitrogens is 1. The summed E-state index contributed by atoms with van der Waals surface area (Å²) >= 11 is 1.69. The lowest BCUT2D eigenvalue weighted by Gasteiger charge is -2.15. The van der Waals surface area contributed by atoms with Crippen LogP contribution in [0.15, 0.2) is 24.3 Å². The van der Waals surface area contributed by atoms with E-state index in [2.05, 4.69) is 45.3 Å². The van der Waals surface area contributed by atoms with Gasteiger partial charge in [0.2, 0.25) is 5.91 Å². The van der Waals surface area contributed by atoms with Crippen molar-refractivity contribution < 1.29 is 9.69 Å². The van der Waals surface area contributed by atoms with Crippen LogP contribution in [0, 0.1) is 13.8 Å². The molecule has 3 aromatic rings. The number of hydrogen-bond donors (Lipinski definition) is 3. The Morgan fingerprint density at radius 2 is 1.83 bits per heavy atom. The van der Waals surface area contributed by atoms with Crippen molar-refractivity contribution in [2.45, 2.75) is 47.6 Å². The lowest BCUT2D eigenvalue weighted by molar-refractivity contribution is -0.910. The number of thiophene rings is 1. The fourth-order valence-electron chi connectivity index (χ4n) is 3.53. The van der Waals surface area contributed by atoms with Crippen LogP contribution in [0.25, 0.3) is 10.2 Å². The number of benzene rings is 1. The molecule has 0 aliphatic rings. The fourth-order valence-corrected chi connectivity index (χ4v) is 4.58. The zero-order valence-electron chi connectivity index (χ0n) is 18.6. The first kappa shape index (κ1) is 22.2. The summed E-state index contributed by atoms with van der Waals surface area (Å²) in [6.07, 6.45) is 0.876. The fraction of sp³-hybridized carbons (Fsp3) is 0.435. The third-order valence-electron chi connectivity index (χ3n) is 5.57. The van der Waals surface area contributed by atoms with Crippen molar-refractivity contribution in [3.05, 3.63) is 46.1 Å². The molecule has 0 atom stereocenters. The summed E-state index contributed by atoms with van der Waals surface area (Å²) in [7, 11) is 0. The van der Waals surface area contributed by atoms with Crippen LogP contribution < -0.4 is 15.5 Å². The van der Waals surface area contributed by atoms with Crippen molar-refractivity contribution in [1.29, 1.82) is 0 Å². The quantitative estimate of drug-likeness (QED) is 0.491. The largest absolute Gasteiger partial charge is 0.360 e. The summed E-state index contributed by atoms with van der Waals surface area (Å²) in [5.74, 6) is 1.49. The van der Waals surface area contributed by atoms with Crippen LogP contribution in [0.2, 0.25) is 0 Å². The zero-order chi connectivity index (χ0) is 21.7. The third-order valence-corrected chi connectivity index (χ3v) is 6.67. The van der Waals surface area contributed by atoms with Crippen molar-refractivity contribution >= 4 is 39.0 Å². The first-order chi connectivity index (χ1) is 14.5. The number of aromatic nitrogens is 2. The Morgan fingerprint density at radius 3 is 2.53 bits per heavy atom. The molecule has 1 amide bonds. The summed E-state index contributed by atoms with van der Waals surface area (Å²) < 4.78 is 0. The van der Waals surface area contributed by atoms with Gasteiger partial charge in [0.1, 0.15) is 17.2 Å². The van der Waals surface area contributed by atoms with Crippen LogP contribution in [0.3, 0.4) is 0 Å². The van der Waals surface area contributed by atoms with Crippen LogP contribution >= 0.6 is 11.3 Å². The second kappa shape index (κ2) is 10.00. The van der Waals surface area contributed by atoms with Crippen LogP contribution in [0.1, 0.15) is 42.6 Å². The summed E-state index contributed by atoms with van der Waals surface area (Å²) in [4.78, 5) is 25.9. The highest BCUT2D eigenvalue weighted by atomic mass is 32.1. The van der Waals surface area contributed by atoms with Gasteiger partial charge in [-0.15, -0.1) is 11.3 Å². The van der Waals surface area contributed by atoms with E-state index in [4.69, 9.17) is 9.97 Å². The van der Waals surface area contributed by atoms with Gasteiger partial charge in [0.15, 0.2) is 5.82 Å². The molecule has 160 valence electrons. The molecule has 0 saturated carbocycles. The van der Waals surface area contributed by atoms with Crippen LogP contribution in [0.5, 0.6) is 0 Å². The average Bonchev–Trinajstić information content (AvgIpc) is 3.04. The molecule has 0 saturated heterocycles. The summed E-state index contributed by atoms with van der Waals surface area (Å²) in [6.45, 7) is 13.6. The number of amides is 1. The van der Waals surface area contributed by atoms with Gasteiger partial charge in [-0.3, -0.25) is 4.79 Å². The first-order valence-corrected chi connectivity index (χ1v) is 11.5. The van der Waals surface area contributed by atoms with Gasteiger partial charge in [-0.1, -0.05) is 25.1 Å². The minimum Gasteiger partial charge on any atom is -0.360 e. The SMILES string of the molecule is CCc1ccccc1NC(=O)CNc1nc(C[NH+](CC)CC)nc2sc(C)c(C)c12. The highest BCUT2D eigenvalue weighted by Crippen LogP contribution is 2.33. The van der Waals surface area contributed by atoms with E-state index in [9.17, 15) is 4.79 Å². The smallest absolute Gasteiger partial charge is 0.243 e. The van der Waals surface area contributed by atoms with E-state index in [1.807, 2.05) is 24.3 Å². The highest BCUT2D eigenvalue weighted by molar-refractivity contribution is 7.18. The molecule has 0 radical (unpaired) electrons. The van der Waals surface area contributed by atoms with Crippen LogP contribution in [-0.2, 0) is 17.8 Å². The summed E-state index contributed by atoms with van der Waals surface area (Å²) in [5.41, 5.74) is 3.17. The molecule has 2 heterocycles. The predicted octanol–water partition coefficient (Wildman–Crippen LogP) is 3.35. The molecule has 0 spiro atoms. The Kier molecular flexibility index (Phi) is 7.39. The Morgan fingerprint density at radius 1 is 1.10 bits per heavy atom. The summed E-state index contributed by atoms with van der Waals surface area (Å²) in [5, 5.41) is 7.33. The van der Waals surface area contributed by atoms with Gasteiger partial charge in [-0.25, -0.2) is 9.97 Å². The minimum atomic E-state index is -0.0804. The molecular formula is C23H32N5OS+. The van der Waals surface area contributed by atoms with E-state index in [0.29, 0.717) is 0 Å². The van der Waals surface area contributed by atoms with Gasteiger partial charge in [0.25, 0.3) is 0 Å². The van der Waals surface area contributed by atoms with Gasteiger partial charge in [0.05, 0.1) is 25.0 Å². The maximum atomic E-state index is 12.6. The Labute approximate surface area is 182 Å². The van der Waals surface area contributed by atoms with Crippen molar-refractivity contribution in [2.75, 3.05) is 30.3 Å². The topological polar surface area (TPSA) is 71.3 Å². The third kappa shape index (κ3) is 4.96. The van der Waals surface area contributed by atoms with Crippen molar-refractivity contribution in [1.82, 2.24) is 9.97 Å². The van der Waals surface area contributed by atoms with E-state index in [0.717, 1.165) is 59.2 Å². The first-order valence-electron chi connectivity index (χ1n) is 10.7. The van der Waals surface area contributed by atoms with Gasteiger partial charge in [0, 0.05) is 10.6 Å². The molecular weight excluding hydrogens is 394 g/mol. The number of aryl methyl sites for hydroxylation is 3. The molecule has 0 bridgehead atoms. The molecule has 0 unspecified atom stereocenters. The summed E-state index contributed by atoms with van der Waals surface area (Å²) in [6, 6.07) is 7.91. The number of nitrogens with zero attached hydrogens (tertiary/aromatic N) is 2. The average molecular weight is 427 g/mol. The molecule has 2 aromatic heterocycles. The molecule has 7 heteroatoms. The number of carbonyl (C=O) groups is 1. The number of nitrogens with one attached hydrogen (secondary N) is 3. The van der Waals surface area contributed by atoms with Gasteiger partial charge in [-0.05, 0) is 51.3 Å². The number of anilines is 2. The second-order valence-corrected chi connectivity index (χ2v) is 8.70. The van der Waals surface area contributed by atoms with E-state index < -0.39 is 0 Å². The van der Waals surface area contributed by atoms with Crippen molar-refractivity contribution in [2.24, 2.45) is 0 Å². The predicted molar refractivity (Wildman–Crippen MR) is 126 cm³/mol. The Hall–Kier alpha value is -2.51. The van der Waals surface area contributed by atoms with Gasteiger partial charge in [-0.2, -0.15) is 0 Å². The monoisotopic (exact) mass is 426 g/mol. The van der Waals surface area contributed by atoms with Crippen LogP contribution in [-0.4, -0.2) is 35.5 Å². The van der Waals surface area contributed by atoms with Gasteiger partial charge < -0.3 is 15.5 Å². The molecule has 0 aliphatic carbocycles. The molecule has 6 nitrogen and oxygen atoms in total. The number of carbonyl (C=O) groups excluding carboxylic acids is 1. The highest BCUT2D eigenvalue weighted by Gasteiger charge is 2.17. The molecule has 0 aliphatic heterocycles. The molecule has 3 N–H and O–H groups in total. The Bertz CT molecular complexity index is 1030. The number of rotatable bonds is 9. The Balaban J connectivity index is 1.82. The van der Waals surface area contributed by atoms with E-state index in [-0.39, 0.29) is 12.5 Å². The van der Waals surface area contributed by atoms with Crippen molar-refractivity contribution in [3.63, 3.8) is 0 Å². The molecule has 1 aromatic carbocycles. The molecule has 30 heavy (non-hydrogen) atoms. The number of para-hydroxylation sites is 1. The van der Waals surface area contributed by atoms with E-state index >= 15 is 0 Å². The molecule has 3 rings (SSSR count). The zero-order valence-corrected chi connectivity index (χ0v) is 19.4. The van der Waals surface area contributed by atoms with E-state index in [1.165, 1.54) is 15.3 Å². The number of fused-ring (bicyclic) bond motifs is 1.